The number of likely N-dealkylation sites (N-methyl/N-ethyl adjacent to an activating group) is 1. The van der Waals surface area contributed by atoms with Crippen LogP contribution < -0.4 is 0 Å². The molecule has 0 unspecified atom stereocenters. The molecule has 0 saturated carbocycles. The third kappa shape index (κ3) is 3.43. The second-order valence-electron chi connectivity index (χ2n) is 5.76. The van der Waals surface area contributed by atoms with Crippen molar-refractivity contribution in [2.45, 2.75) is 10.9 Å². The van der Waals surface area contributed by atoms with Gasteiger partial charge in [-0.2, -0.15) is 4.31 Å². The van der Waals surface area contributed by atoms with E-state index in [1.54, 1.807) is 22.5 Å². The van der Waals surface area contributed by atoms with Crippen molar-refractivity contribution in [3.8, 4) is 0 Å². The van der Waals surface area contributed by atoms with Crippen molar-refractivity contribution in [2.75, 3.05) is 26.7 Å². The first-order valence-electron chi connectivity index (χ1n) is 7.49. The summed E-state index contributed by atoms with van der Waals surface area (Å²) in [7, 11) is -1.57. The van der Waals surface area contributed by atoms with E-state index in [1.807, 2.05) is 37.4 Å². The Morgan fingerprint density at radius 1 is 1.04 bits per heavy atom. The van der Waals surface area contributed by atoms with Gasteiger partial charge in [-0.3, -0.25) is 0 Å². The molecule has 0 aliphatic carbocycles. The lowest BCUT2D eigenvalue weighted by molar-refractivity contribution is 0.160. The maximum Gasteiger partial charge on any atom is 0.243 e. The average Bonchev–Trinajstić information content (AvgIpc) is 2.55. The molecule has 0 spiro atoms. The van der Waals surface area contributed by atoms with Crippen molar-refractivity contribution in [2.24, 2.45) is 0 Å². The third-order valence-corrected chi connectivity index (χ3v) is 6.26. The fraction of sp³-hybridized carbons (Fsp3) is 0.294. The van der Waals surface area contributed by atoms with Crippen molar-refractivity contribution in [3.63, 3.8) is 0 Å². The van der Waals surface area contributed by atoms with Crippen LogP contribution in [0.1, 0.15) is 11.6 Å². The maximum atomic E-state index is 13.1. The minimum absolute atomic E-state index is 0.195. The largest absolute Gasteiger partial charge is 0.303 e. The Morgan fingerprint density at radius 2 is 1.78 bits per heavy atom. The van der Waals surface area contributed by atoms with Gasteiger partial charge in [-0.05, 0) is 30.8 Å². The van der Waals surface area contributed by atoms with Gasteiger partial charge in [0.2, 0.25) is 10.0 Å². The van der Waals surface area contributed by atoms with E-state index >= 15 is 0 Å². The van der Waals surface area contributed by atoms with Gasteiger partial charge < -0.3 is 4.90 Å². The molecule has 0 N–H and O–H groups in total. The minimum atomic E-state index is -3.58. The van der Waals surface area contributed by atoms with Gasteiger partial charge >= 0.3 is 0 Å². The summed E-state index contributed by atoms with van der Waals surface area (Å²) in [4.78, 5) is 2.40. The molecular weight excluding hydrogens is 332 g/mol. The summed E-state index contributed by atoms with van der Waals surface area (Å²) in [6.07, 6.45) is 0. The lowest BCUT2D eigenvalue weighted by atomic mass is 10.1. The number of hydrogen-bond acceptors (Lipinski definition) is 3. The Hall–Kier alpha value is -1.40. The Balaban J connectivity index is 2.01. The van der Waals surface area contributed by atoms with Crippen LogP contribution in [0.3, 0.4) is 0 Å². The predicted molar refractivity (Wildman–Crippen MR) is 92.0 cm³/mol. The summed E-state index contributed by atoms with van der Waals surface area (Å²) < 4.78 is 27.7. The van der Waals surface area contributed by atoms with Crippen LogP contribution in [0.15, 0.2) is 59.5 Å². The molecule has 1 fully saturated rings. The number of piperazine rings is 1. The first-order chi connectivity index (χ1) is 11.0. The van der Waals surface area contributed by atoms with Gasteiger partial charge in [0.25, 0.3) is 0 Å². The molecule has 1 saturated heterocycles. The van der Waals surface area contributed by atoms with Crippen LogP contribution in [-0.2, 0) is 10.0 Å². The number of hydrogen-bond donors (Lipinski definition) is 0. The average molecular weight is 351 g/mol. The smallest absolute Gasteiger partial charge is 0.243 e. The lowest BCUT2D eigenvalue weighted by Gasteiger charge is -2.39. The third-order valence-electron chi connectivity index (χ3n) is 4.12. The zero-order chi connectivity index (χ0) is 16.4. The van der Waals surface area contributed by atoms with E-state index in [4.69, 9.17) is 11.6 Å². The molecule has 2 aromatic rings. The van der Waals surface area contributed by atoms with Crippen LogP contribution >= 0.6 is 11.6 Å². The van der Waals surface area contributed by atoms with E-state index in [0.717, 1.165) is 5.56 Å². The molecule has 1 atom stereocenters. The molecule has 6 heteroatoms. The Kier molecular flexibility index (Phi) is 4.73. The summed E-state index contributed by atoms with van der Waals surface area (Å²) in [6, 6.07) is 16.0. The van der Waals surface area contributed by atoms with Gasteiger partial charge in [-0.15, -0.1) is 0 Å². The van der Waals surface area contributed by atoms with Gasteiger partial charge in [-0.25, -0.2) is 8.42 Å². The monoisotopic (exact) mass is 350 g/mol. The fourth-order valence-corrected chi connectivity index (χ4v) is 4.80. The molecule has 1 aliphatic rings. The highest BCUT2D eigenvalue weighted by Crippen LogP contribution is 2.31. The SMILES string of the molecule is CN1CCN(S(=O)(=O)c2cccc(Cl)c2)[C@@H](c2ccccc2)C1. The minimum Gasteiger partial charge on any atom is -0.303 e. The normalized spacial score (nSPS) is 20.5. The van der Waals surface area contributed by atoms with Gasteiger partial charge in [0.05, 0.1) is 10.9 Å². The summed E-state index contributed by atoms with van der Waals surface area (Å²) in [5, 5.41) is 0.427. The molecule has 0 radical (unpaired) electrons. The van der Waals surface area contributed by atoms with Crippen LogP contribution in [-0.4, -0.2) is 44.3 Å². The Bertz CT molecular complexity index is 780. The van der Waals surface area contributed by atoms with Crippen molar-refractivity contribution < 1.29 is 8.42 Å². The van der Waals surface area contributed by atoms with Gasteiger partial charge in [0.1, 0.15) is 0 Å². The fourth-order valence-electron chi connectivity index (χ4n) is 2.90. The van der Waals surface area contributed by atoms with E-state index in [1.165, 1.54) is 6.07 Å². The van der Waals surface area contributed by atoms with Crippen LogP contribution in [0.5, 0.6) is 0 Å². The molecule has 3 rings (SSSR count). The molecule has 0 aromatic heterocycles. The van der Waals surface area contributed by atoms with Gasteiger partial charge in [0.15, 0.2) is 0 Å². The first-order valence-corrected chi connectivity index (χ1v) is 9.31. The predicted octanol–water partition coefficient (Wildman–Crippen LogP) is 3.02. The van der Waals surface area contributed by atoms with Crippen molar-refractivity contribution >= 4 is 21.6 Å². The summed E-state index contributed by atoms with van der Waals surface area (Å²) >= 11 is 5.98. The molecule has 4 nitrogen and oxygen atoms in total. The number of benzene rings is 2. The maximum absolute atomic E-state index is 13.1. The molecule has 122 valence electrons. The second kappa shape index (κ2) is 6.61. The molecule has 2 aromatic carbocycles. The number of rotatable bonds is 3. The van der Waals surface area contributed by atoms with Crippen molar-refractivity contribution in [1.82, 2.24) is 9.21 Å². The van der Waals surface area contributed by atoms with E-state index in [-0.39, 0.29) is 10.9 Å². The van der Waals surface area contributed by atoms with Gasteiger partial charge in [-0.1, -0.05) is 48.0 Å². The highest BCUT2D eigenvalue weighted by Gasteiger charge is 2.36. The molecular formula is C17H19ClN2O2S. The van der Waals surface area contributed by atoms with E-state index in [9.17, 15) is 8.42 Å². The zero-order valence-corrected chi connectivity index (χ0v) is 14.5. The molecule has 1 aliphatic heterocycles. The summed E-state index contributed by atoms with van der Waals surface area (Å²) in [5.74, 6) is 0. The van der Waals surface area contributed by atoms with Crippen LogP contribution in [0.4, 0.5) is 0 Å². The second-order valence-corrected chi connectivity index (χ2v) is 8.09. The summed E-state index contributed by atoms with van der Waals surface area (Å²) in [6.45, 7) is 1.85. The van der Waals surface area contributed by atoms with E-state index in [0.29, 0.717) is 24.7 Å². The van der Waals surface area contributed by atoms with Crippen molar-refractivity contribution in [1.29, 1.82) is 0 Å². The highest BCUT2D eigenvalue weighted by atomic mass is 35.5. The van der Waals surface area contributed by atoms with Gasteiger partial charge in [0, 0.05) is 24.7 Å². The molecule has 0 bridgehead atoms. The first kappa shape index (κ1) is 16.5. The Morgan fingerprint density at radius 3 is 2.48 bits per heavy atom. The van der Waals surface area contributed by atoms with Crippen molar-refractivity contribution in [3.05, 3.63) is 65.2 Å². The Labute approximate surface area is 142 Å². The zero-order valence-electron chi connectivity index (χ0n) is 12.9. The number of nitrogens with zero attached hydrogens (tertiary/aromatic N) is 2. The summed E-state index contributed by atoms with van der Waals surface area (Å²) in [5.41, 5.74) is 1.00. The van der Waals surface area contributed by atoms with E-state index < -0.39 is 10.0 Å². The quantitative estimate of drug-likeness (QED) is 0.854. The molecule has 0 amide bonds. The van der Waals surface area contributed by atoms with Crippen LogP contribution in [0.25, 0.3) is 0 Å². The van der Waals surface area contributed by atoms with Crippen LogP contribution in [0.2, 0.25) is 5.02 Å². The topological polar surface area (TPSA) is 40.6 Å². The molecule has 23 heavy (non-hydrogen) atoms. The van der Waals surface area contributed by atoms with E-state index in [2.05, 4.69) is 4.90 Å². The standard InChI is InChI=1S/C17H19ClN2O2S/c1-19-10-11-20(17(13-19)14-6-3-2-4-7-14)23(21,22)16-9-5-8-15(18)12-16/h2-9,12,17H,10-11,13H2,1H3/t17-/m1/s1. The molecule has 1 heterocycles. The lowest BCUT2D eigenvalue weighted by Crippen LogP contribution is -2.49. The highest BCUT2D eigenvalue weighted by molar-refractivity contribution is 7.89. The number of halogens is 1. The number of sulfonamides is 1. The van der Waals surface area contributed by atoms with Crippen LogP contribution in [0, 0.1) is 0 Å².